The predicted molar refractivity (Wildman–Crippen MR) is 117 cm³/mol. The molecular formula is C25H30N2O3. The summed E-state index contributed by atoms with van der Waals surface area (Å²) in [5.74, 6) is 1.22. The highest BCUT2D eigenvalue weighted by molar-refractivity contribution is 5.81. The van der Waals surface area contributed by atoms with Crippen LogP contribution in [0.15, 0.2) is 42.5 Å². The van der Waals surface area contributed by atoms with E-state index in [1.165, 1.54) is 22.3 Å². The van der Waals surface area contributed by atoms with Crippen LogP contribution >= 0.6 is 0 Å². The smallest absolute Gasteiger partial charge is 0.226 e. The lowest BCUT2D eigenvalue weighted by Gasteiger charge is -2.40. The quantitative estimate of drug-likeness (QED) is 0.772. The van der Waals surface area contributed by atoms with Crippen LogP contribution in [0.1, 0.15) is 43.9 Å². The van der Waals surface area contributed by atoms with Gasteiger partial charge >= 0.3 is 0 Å². The number of carbonyl (C=O) groups is 2. The summed E-state index contributed by atoms with van der Waals surface area (Å²) in [6.45, 7) is 5.86. The third-order valence-corrected chi connectivity index (χ3v) is 6.71. The van der Waals surface area contributed by atoms with Crippen LogP contribution in [0.25, 0.3) is 11.1 Å². The first kappa shape index (κ1) is 20.5. The summed E-state index contributed by atoms with van der Waals surface area (Å²) in [7, 11) is 1.68. The van der Waals surface area contributed by atoms with E-state index in [0.717, 1.165) is 31.6 Å². The van der Waals surface area contributed by atoms with Gasteiger partial charge in [0, 0.05) is 32.5 Å². The van der Waals surface area contributed by atoms with Crippen molar-refractivity contribution in [1.29, 1.82) is 0 Å². The Bertz CT molecular complexity index is 930. The fourth-order valence-electron chi connectivity index (χ4n) is 4.89. The molecule has 2 amide bonds. The zero-order valence-electron chi connectivity index (χ0n) is 18.1. The number of ether oxygens (including phenoxy) is 1. The molecule has 1 saturated heterocycles. The molecule has 0 saturated carbocycles. The van der Waals surface area contributed by atoms with Gasteiger partial charge in [0.15, 0.2) is 0 Å². The number of rotatable bonds is 3. The SMILES string of the molecule is COc1ccc(-c2cccc3c2CCN(C(=O)C2CCN(C(C)=O)CC2)[C@@H]3C)cc1. The van der Waals surface area contributed by atoms with Gasteiger partial charge in [-0.2, -0.15) is 0 Å². The van der Waals surface area contributed by atoms with E-state index in [0.29, 0.717) is 13.1 Å². The van der Waals surface area contributed by atoms with Crippen molar-refractivity contribution < 1.29 is 14.3 Å². The number of benzene rings is 2. The standard InChI is InChI=1S/C25H30N2O3/c1-17-22-5-4-6-23(19-7-9-21(30-3)10-8-19)24(22)13-16-27(17)25(29)20-11-14-26(15-12-20)18(2)28/h4-10,17,20H,11-16H2,1-3H3/t17-/m1/s1. The van der Waals surface area contributed by atoms with E-state index in [1.807, 2.05) is 21.9 Å². The van der Waals surface area contributed by atoms with Crippen LogP contribution in [0.3, 0.4) is 0 Å². The third-order valence-electron chi connectivity index (χ3n) is 6.71. The number of methoxy groups -OCH3 is 1. The minimum absolute atomic E-state index is 0.0226. The summed E-state index contributed by atoms with van der Waals surface area (Å²) in [6.07, 6.45) is 2.39. The van der Waals surface area contributed by atoms with Gasteiger partial charge in [-0.1, -0.05) is 30.3 Å². The second-order valence-corrected chi connectivity index (χ2v) is 8.34. The first-order valence-electron chi connectivity index (χ1n) is 10.8. The maximum atomic E-state index is 13.3. The summed E-state index contributed by atoms with van der Waals surface area (Å²) in [5.41, 5.74) is 5.00. The number of amides is 2. The maximum absolute atomic E-state index is 13.3. The van der Waals surface area contributed by atoms with Crippen molar-refractivity contribution in [3.63, 3.8) is 0 Å². The molecular weight excluding hydrogens is 376 g/mol. The molecule has 0 bridgehead atoms. The Morgan fingerprint density at radius 2 is 1.70 bits per heavy atom. The average Bonchev–Trinajstić information content (AvgIpc) is 2.79. The van der Waals surface area contributed by atoms with Gasteiger partial charge in [-0.25, -0.2) is 0 Å². The minimum atomic E-state index is 0.0226. The third kappa shape index (κ3) is 3.81. The molecule has 5 nitrogen and oxygen atoms in total. The highest BCUT2D eigenvalue weighted by Gasteiger charge is 2.34. The van der Waals surface area contributed by atoms with Gasteiger partial charge in [0.25, 0.3) is 0 Å². The van der Waals surface area contributed by atoms with Crippen molar-refractivity contribution in [1.82, 2.24) is 9.80 Å². The molecule has 2 aliphatic heterocycles. The second kappa shape index (κ2) is 8.50. The zero-order chi connectivity index (χ0) is 21.3. The number of piperidine rings is 1. The topological polar surface area (TPSA) is 49.9 Å². The molecule has 30 heavy (non-hydrogen) atoms. The van der Waals surface area contributed by atoms with Crippen molar-refractivity contribution in [2.75, 3.05) is 26.7 Å². The molecule has 1 atom stereocenters. The fourth-order valence-corrected chi connectivity index (χ4v) is 4.89. The Labute approximate surface area is 178 Å². The fraction of sp³-hybridized carbons (Fsp3) is 0.440. The molecule has 158 valence electrons. The lowest BCUT2D eigenvalue weighted by molar-refractivity contribution is -0.142. The van der Waals surface area contributed by atoms with Crippen molar-refractivity contribution in [3.05, 3.63) is 53.6 Å². The van der Waals surface area contributed by atoms with Crippen molar-refractivity contribution >= 4 is 11.8 Å². The molecule has 1 fully saturated rings. The van der Waals surface area contributed by atoms with Gasteiger partial charge in [0.05, 0.1) is 13.2 Å². The highest BCUT2D eigenvalue weighted by Crippen LogP contribution is 2.37. The Balaban J connectivity index is 1.53. The molecule has 2 heterocycles. The summed E-state index contributed by atoms with van der Waals surface area (Å²) in [4.78, 5) is 28.8. The van der Waals surface area contributed by atoms with Crippen molar-refractivity contribution in [2.24, 2.45) is 5.92 Å². The Morgan fingerprint density at radius 3 is 2.33 bits per heavy atom. The van der Waals surface area contributed by atoms with Crippen molar-refractivity contribution in [3.8, 4) is 16.9 Å². The summed E-state index contributed by atoms with van der Waals surface area (Å²) in [5, 5.41) is 0. The average molecular weight is 407 g/mol. The lowest BCUT2D eigenvalue weighted by atomic mass is 9.85. The number of hydrogen-bond acceptors (Lipinski definition) is 3. The van der Waals surface area contributed by atoms with Gasteiger partial charge < -0.3 is 14.5 Å². The van der Waals surface area contributed by atoms with Gasteiger partial charge in [0.1, 0.15) is 5.75 Å². The van der Waals surface area contributed by atoms with Crippen LogP contribution in [0.5, 0.6) is 5.75 Å². The van der Waals surface area contributed by atoms with E-state index in [9.17, 15) is 9.59 Å². The number of fused-ring (bicyclic) bond motifs is 1. The molecule has 0 N–H and O–H groups in total. The molecule has 2 aliphatic rings. The van der Waals surface area contributed by atoms with E-state index in [1.54, 1.807) is 14.0 Å². The van der Waals surface area contributed by atoms with Crippen LogP contribution in [0, 0.1) is 5.92 Å². The summed E-state index contributed by atoms with van der Waals surface area (Å²) in [6, 6.07) is 14.7. The van der Waals surface area contributed by atoms with Crippen LogP contribution < -0.4 is 4.74 Å². The molecule has 0 aliphatic carbocycles. The second-order valence-electron chi connectivity index (χ2n) is 8.34. The molecule has 0 aromatic heterocycles. The Kier molecular flexibility index (Phi) is 5.80. The zero-order valence-corrected chi connectivity index (χ0v) is 18.1. The molecule has 5 heteroatoms. The van der Waals surface area contributed by atoms with Crippen LogP contribution in [0.2, 0.25) is 0 Å². The minimum Gasteiger partial charge on any atom is -0.497 e. The highest BCUT2D eigenvalue weighted by atomic mass is 16.5. The van der Waals surface area contributed by atoms with Gasteiger partial charge in [-0.05, 0) is 60.6 Å². The lowest BCUT2D eigenvalue weighted by Crippen LogP contribution is -2.46. The first-order chi connectivity index (χ1) is 14.5. The van der Waals surface area contributed by atoms with E-state index in [4.69, 9.17) is 4.74 Å². The molecule has 0 spiro atoms. The molecule has 2 aromatic rings. The molecule has 0 unspecified atom stereocenters. The molecule has 4 rings (SSSR count). The molecule has 0 radical (unpaired) electrons. The van der Waals surface area contributed by atoms with Crippen LogP contribution in [-0.2, 0) is 16.0 Å². The van der Waals surface area contributed by atoms with Crippen LogP contribution in [-0.4, -0.2) is 48.4 Å². The van der Waals surface area contributed by atoms with Gasteiger partial charge in [0.2, 0.25) is 11.8 Å². The number of likely N-dealkylation sites (tertiary alicyclic amines) is 1. The summed E-state index contributed by atoms with van der Waals surface area (Å²) >= 11 is 0. The van der Waals surface area contributed by atoms with E-state index in [2.05, 4.69) is 37.3 Å². The first-order valence-corrected chi connectivity index (χ1v) is 10.8. The monoisotopic (exact) mass is 406 g/mol. The normalized spacial score (nSPS) is 19.4. The van der Waals surface area contributed by atoms with Gasteiger partial charge in [-0.3, -0.25) is 9.59 Å². The van der Waals surface area contributed by atoms with Crippen molar-refractivity contribution in [2.45, 2.75) is 39.2 Å². The summed E-state index contributed by atoms with van der Waals surface area (Å²) < 4.78 is 5.29. The van der Waals surface area contributed by atoms with E-state index < -0.39 is 0 Å². The predicted octanol–water partition coefficient (Wildman–Crippen LogP) is 4.07. The Hall–Kier alpha value is -2.82. The number of carbonyl (C=O) groups excluding carboxylic acids is 2. The molecule has 2 aromatic carbocycles. The number of nitrogens with zero attached hydrogens (tertiary/aromatic N) is 2. The van der Waals surface area contributed by atoms with Crippen LogP contribution in [0.4, 0.5) is 0 Å². The van der Waals surface area contributed by atoms with E-state index >= 15 is 0 Å². The number of hydrogen-bond donors (Lipinski definition) is 0. The van der Waals surface area contributed by atoms with E-state index in [-0.39, 0.29) is 23.8 Å². The van der Waals surface area contributed by atoms with Gasteiger partial charge in [-0.15, -0.1) is 0 Å². The maximum Gasteiger partial charge on any atom is 0.226 e. The largest absolute Gasteiger partial charge is 0.497 e. The Morgan fingerprint density at radius 1 is 1.00 bits per heavy atom.